The van der Waals surface area contributed by atoms with Crippen molar-refractivity contribution in [1.29, 1.82) is 0 Å². The molecule has 21 heavy (non-hydrogen) atoms. The minimum atomic E-state index is -3.49. The Balaban J connectivity index is 2.28. The van der Waals surface area contributed by atoms with E-state index in [2.05, 4.69) is 0 Å². The van der Waals surface area contributed by atoms with Crippen molar-refractivity contribution >= 4 is 9.84 Å². The second-order valence-corrected chi connectivity index (χ2v) is 6.55. The highest BCUT2D eigenvalue weighted by Gasteiger charge is 2.16. The summed E-state index contributed by atoms with van der Waals surface area (Å²) < 4.78 is 43.0. The van der Waals surface area contributed by atoms with Crippen LogP contribution in [0.25, 0.3) is 0 Å². The van der Waals surface area contributed by atoms with Crippen LogP contribution in [-0.4, -0.2) is 15.5 Å². The average molecular weight is 309 g/mol. The highest BCUT2D eigenvalue weighted by Crippen LogP contribution is 2.21. The van der Waals surface area contributed by atoms with Crippen LogP contribution < -0.4 is 10.5 Å². The fraction of sp³-hybridized carbons (Fsp3) is 0.200. The van der Waals surface area contributed by atoms with Crippen LogP contribution in [0.4, 0.5) is 4.39 Å². The van der Waals surface area contributed by atoms with Crippen LogP contribution in [0.5, 0.6) is 5.75 Å². The second-order valence-electron chi connectivity index (χ2n) is 4.56. The first-order chi connectivity index (χ1) is 9.96. The first kappa shape index (κ1) is 15.5. The van der Waals surface area contributed by atoms with Gasteiger partial charge in [-0.25, -0.2) is 12.8 Å². The Kier molecular flexibility index (Phi) is 4.59. The number of hydrogen-bond acceptors (Lipinski definition) is 4. The molecule has 0 spiro atoms. The Morgan fingerprint density at radius 3 is 2.38 bits per heavy atom. The zero-order valence-corrected chi connectivity index (χ0v) is 12.4. The maximum atomic E-state index is 13.4. The van der Waals surface area contributed by atoms with E-state index in [1.54, 1.807) is 12.1 Å². The predicted octanol–water partition coefficient (Wildman–Crippen LogP) is 2.27. The molecule has 0 aromatic heterocycles. The molecule has 0 unspecified atom stereocenters. The van der Waals surface area contributed by atoms with Crippen LogP contribution in [0.1, 0.15) is 11.1 Å². The van der Waals surface area contributed by atoms with E-state index in [1.165, 1.54) is 37.4 Å². The van der Waals surface area contributed by atoms with Gasteiger partial charge in [-0.15, -0.1) is 0 Å². The smallest absolute Gasteiger partial charge is 0.182 e. The van der Waals surface area contributed by atoms with Crippen molar-refractivity contribution in [2.75, 3.05) is 7.11 Å². The maximum absolute atomic E-state index is 13.4. The summed E-state index contributed by atoms with van der Waals surface area (Å²) in [7, 11) is -1.98. The van der Waals surface area contributed by atoms with Gasteiger partial charge in [0.05, 0.1) is 17.8 Å². The molecule has 0 aliphatic heterocycles. The van der Waals surface area contributed by atoms with Crippen molar-refractivity contribution in [1.82, 2.24) is 0 Å². The van der Waals surface area contributed by atoms with Crippen LogP contribution in [0.3, 0.4) is 0 Å². The third-order valence-electron chi connectivity index (χ3n) is 3.11. The number of ether oxygens (including phenoxy) is 1. The summed E-state index contributed by atoms with van der Waals surface area (Å²) in [6.07, 6.45) is 0. The lowest BCUT2D eigenvalue weighted by molar-refractivity contribution is 0.414. The lowest BCUT2D eigenvalue weighted by atomic mass is 10.1. The summed E-state index contributed by atoms with van der Waals surface area (Å²) in [6, 6.07) is 10.3. The Morgan fingerprint density at radius 1 is 1.14 bits per heavy atom. The molecule has 0 saturated carbocycles. The van der Waals surface area contributed by atoms with Gasteiger partial charge in [-0.3, -0.25) is 0 Å². The lowest BCUT2D eigenvalue weighted by Gasteiger charge is -2.08. The third-order valence-corrected chi connectivity index (χ3v) is 4.81. The minimum Gasteiger partial charge on any atom is -0.497 e. The Hall–Kier alpha value is -1.92. The number of methoxy groups -OCH3 is 1. The highest BCUT2D eigenvalue weighted by molar-refractivity contribution is 7.90. The number of hydrogen-bond donors (Lipinski definition) is 1. The van der Waals surface area contributed by atoms with Crippen LogP contribution in [-0.2, 0) is 22.1 Å². The van der Waals surface area contributed by atoms with Gasteiger partial charge >= 0.3 is 0 Å². The highest BCUT2D eigenvalue weighted by atomic mass is 32.2. The van der Waals surface area contributed by atoms with Gasteiger partial charge in [0.1, 0.15) is 11.6 Å². The van der Waals surface area contributed by atoms with E-state index in [4.69, 9.17) is 10.5 Å². The summed E-state index contributed by atoms with van der Waals surface area (Å²) in [5, 5.41) is 0. The van der Waals surface area contributed by atoms with Gasteiger partial charge in [0, 0.05) is 12.1 Å². The topological polar surface area (TPSA) is 69.4 Å². The molecule has 0 radical (unpaired) electrons. The Labute approximate surface area is 123 Å². The molecule has 2 aromatic rings. The Bertz CT molecular complexity index is 727. The first-order valence-corrected chi connectivity index (χ1v) is 7.95. The summed E-state index contributed by atoms with van der Waals surface area (Å²) in [5.74, 6) is -0.0451. The predicted molar refractivity (Wildman–Crippen MR) is 78.2 cm³/mol. The average Bonchev–Trinajstić information content (AvgIpc) is 2.49. The van der Waals surface area contributed by atoms with Crippen LogP contribution in [0, 0.1) is 5.82 Å². The molecule has 112 valence electrons. The maximum Gasteiger partial charge on any atom is 0.182 e. The summed E-state index contributed by atoms with van der Waals surface area (Å²) in [6.45, 7) is 0.0300. The van der Waals surface area contributed by atoms with Gasteiger partial charge in [0.25, 0.3) is 0 Å². The fourth-order valence-corrected chi connectivity index (χ4v) is 3.30. The summed E-state index contributed by atoms with van der Waals surface area (Å²) in [4.78, 5) is 0.196. The fourth-order valence-electron chi connectivity index (χ4n) is 1.96. The monoisotopic (exact) mass is 309 g/mol. The van der Waals surface area contributed by atoms with E-state index in [9.17, 15) is 12.8 Å². The van der Waals surface area contributed by atoms with Crippen LogP contribution in [0.2, 0.25) is 0 Å². The van der Waals surface area contributed by atoms with E-state index in [0.29, 0.717) is 16.9 Å². The summed E-state index contributed by atoms with van der Waals surface area (Å²) in [5.41, 5.74) is 6.23. The molecular formula is C15H16FNO3S. The van der Waals surface area contributed by atoms with Crippen LogP contribution >= 0.6 is 0 Å². The minimum absolute atomic E-state index is 0.0300. The molecule has 2 aromatic carbocycles. The molecule has 0 saturated heterocycles. The number of benzene rings is 2. The molecule has 0 atom stereocenters. The van der Waals surface area contributed by atoms with Crippen molar-refractivity contribution in [3.63, 3.8) is 0 Å². The number of sulfone groups is 1. The van der Waals surface area contributed by atoms with Crippen molar-refractivity contribution in [2.24, 2.45) is 5.73 Å². The third kappa shape index (κ3) is 3.59. The van der Waals surface area contributed by atoms with Gasteiger partial charge in [0.15, 0.2) is 9.84 Å². The quantitative estimate of drug-likeness (QED) is 0.920. The van der Waals surface area contributed by atoms with Crippen molar-refractivity contribution < 1.29 is 17.5 Å². The molecule has 6 heteroatoms. The lowest BCUT2D eigenvalue weighted by Crippen LogP contribution is -2.07. The van der Waals surface area contributed by atoms with Crippen molar-refractivity contribution in [3.8, 4) is 5.75 Å². The zero-order valence-electron chi connectivity index (χ0n) is 11.5. The summed E-state index contributed by atoms with van der Waals surface area (Å²) >= 11 is 0. The first-order valence-electron chi connectivity index (χ1n) is 6.30. The van der Waals surface area contributed by atoms with Gasteiger partial charge in [-0.2, -0.15) is 0 Å². The van der Waals surface area contributed by atoms with E-state index >= 15 is 0 Å². The standard InChI is InChI=1S/C15H16FNO3S/c1-20-13-3-5-14(6-4-13)21(18,19)10-11-2-7-15(16)12(8-11)9-17/h2-8H,9-10,17H2,1H3. The molecule has 2 N–H and O–H groups in total. The number of rotatable bonds is 5. The van der Waals surface area contributed by atoms with E-state index in [1.807, 2.05) is 0 Å². The van der Waals surface area contributed by atoms with Gasteiger partial charge in [-0.05, 0) is 35.9 Å². The second kappa shape index (κ2) is 6.24. The van der Waals surface area contributed by atoms with Gasteiger partial charge in [-0.1, -0.05) is 12.1 Å². The van der Waals surface area contributed by atoms with E-state index < -0.39 is 15.7 Å². The molecule has 0 bridgehead atoms. The molecule has 2 rings (SSSR count). The molecule has 0 fully saturated rings. The number of nitrogens with two attached hydrogens (primary N) is 1. The number of halogens is 1. The zero-order chi connectivity index (χ0) is 15.5. The molecule has 0 aliphatic carbocycles. The molecular weight excluding hydrogens is 293 g/mol. The van der Waals surface area contributed by atoms with Gasteiger partial charge in [0.2, 0.25) is 0 Å². The van der Waals surface area contributed by atoms with Crippen molar-refractivity contribution in [3.05, 3.63) is 59.4 Å². The normalized spacial score (nSPS) is 11.4. The van der Waals surface area contributed by atoms with E-state index in [-0.39, 0.29) is 17.2 Å². The molecule has 0 aliphatic rings. The molecule has 4 nitrogen and oxygen atoms in total. The molecule has 0 amide bonds. The van der Waals surface area contributed by atoms with Crippen LogP contribution in [0.15, 0.2) is 47.4 Å². The SMILES string of the molecule is COc1ccc(S(=O)(=O)Cc2ccc(F)c(CN)c2)cc1. The van der Waals surface area contributed by atoms with E-state index in [0.717, 1.165) is 0 Å². The largest absolute Gasteiger partial charge is 0.497 e. The van der Waals surface area contributed by atoms with Crippen molar-refractivity contribution in [2.45, 2.75) is 17.2 Å². The molecule has 0 heterocycles. The Morgan fingerprint density at radius 2 is 1.81 bits per heavy atom. The van der Waals surface area contributed by atoms with Gasteiger partial charge < -0.3 is 10.5 Å².